The van der Waals surface area contributed by atoms with Crippen molar-refractivity contribution >= 4 is 13.5 Å². The number of aliphatic hydroxyl groups is 1. The number of carbonyl (C=O) groups excluding carboxylic acids is 1. The first-order chi connectivity index (χ1) is 5.25. The zero-order valence-corrected chi connectivity index (χ0v) is 7.65. The largest absolute Gasteiger partial charge is 0.384 e. The van der Waals surface area contributed by atoms with E-state index in [0.717, 1.165) is 0 Å². The van der Waals surface area contributed by atoms with E-state index < -0.39 is 25.4 Å². The van der Waals surface area contributed by atoms with Crippen molar-refractivity contribution in [3.8, 4) is 0 Å². The first-order valence-corrected chi connectivity index (χ1v) is 4.97. The van der Waals surface area contributed by atoms with Crippen molar-refractivity contribution in [1.82, 2.24) is 5.32 Å². The van der Waals surface area contributed by atoms with E-state index in [1.165, 1.54) is 13.8 Å². The monoisotopic (exact) mass is 197 g/mol. The Kier molecular flexibility index (Phi) is 3.86. The molecular formula is C5H12NO5P. The van der Waals surface area contributed by atoms with Gasteiger partial charge in [0.25, 0.3) is 0 Å². The topological polar surface area (TPSA) is 107 Å². The van der Waals surface area contributed by atoms with Crippen LogP contribution in [0.5, 0.6) is 0 Å². The van der Waals surface area contributed by atoms with E-state index in [9.17, 15) is 9.36 Å². The summed E-state index contributed by atoms with van der Waals surface area (Å²) in [6.07, 6.45) is -1.26. The van der Waals surface area contributed by atoms with Crippen LogP contribution in [0.15, 0.2) is 0 Å². The highest BCUT2D eigenvalue weighted by molar-refractivity contribution is 7.52. The number of rotatable bonds is 3. The molecule has 1 amide bonds. The third kappa shape index (κ3) is 3.82. The van der Waals surface area contributed by atoms with Crippen LogP contribution in [0.4, 0.5) is 0 Å². The van der Waals surface area contributed by atoms with Crippen molar-refractivity contribution in [1.29, 1.82) is 0 Å². The first-order valence-electron chi connectivity index (χ1n) is 3.29. The van der Waals surface area contributed by atoms with Crippen LogP contribution < -0.4 is 5.32 Å². The molecule has 4 N–H and O–H groups in total. The van der Waals surface area contributed by atoms with Gasteiger partial charge >= 0.3 is 7.60 Å². The van der Waals surface area contributed by atoms with Gasteiger partial charge in [-0.1, -0.05) is 0 Å². The van der Waals surface area contributed by atoms with E-state index >= 15 is 0 Å². The highest BCUT2D eigenvalue weighted by Gasteiger charge is 2.26. The molecule has 0 aliphatic carbocycles. The van der Waals surface area contributed by atoms with Gasteiger partial charge < -0.3 is 20.2 Å². The molecule has 0 saturated carbocycles. The maximum absolute atomic E-state index is 10.7. The van der Waals surface area contributed by atoms with Gasteiger partial charge in [0.2, 0.25) is 5.91 Å². The SMILES string of the molecule is CC(O)C(=O)NC(C)P(=O)(O)O. The number of hydrogen-bond acceptors (Lipinski definition) is 3. The number of aliphatic hydroxyl groups excluding tert-OH is 1. The summed E-state index contributed by atoms with van der Waals surface area (Å²) in [7, 11) is -4.29. The van der Waals surface area contributed by atoms with Crippen molar-refractivity contribution in [3.05, 3.63) is 0 Å². The summed E-state index contributed by atoms with van der Waals surface area (Å²) >= 11 is 0. The Hall–Kier alpha value is -0.420. The van der Waals surface area contributed by atoms with Gasteiger partial charge in [-0.2, -0.15) is 0 Å². The lowest BCUT2D eigenvalue weighted by Crippen LogP contribution is -2.38. The molecule has 0 spiro atoms. The van der Waals surface area contributed by atoms with Crippen molar-refractivity contribution in [3.63, 3.8) is 0 Å². The summed E-state index contributed by atoms with van der Waals surface area (Å²) < 4.78 is 10.5. The number of hydrogen-bond donors (Lipinski definition) is 4. The van der Waals surface area contributed by atoms with Gasteiger partial charge in [-0.3, -0.25) is 9.36 Å². The van der Waals surface area contributed by atoms with Crippen LogP contribution in [0.3, 0.4) is 0 Å². The highest BCUT2D eigenvalue weighted by atomic mass is 31.2. The molecule has 0 aromatic carbocycles. The fourth-order valence-corrected chi connectivity index (χ4v) is 0.706. The maximum Gasteiger partial charge on any atom is 0.347 e. The molecule has 6 nitrogen and oxygen atoms in total. The standard InChI is InChI=1S/C5H12NO5P/c1-3(7)5(8)6-4(2)12(9,10)11/h3-4,7H,1-2H3,(H,6,8)(H2,9,10,11). The number of carbonyl (C=O) groups is 1. The highest BCUT2D eigenvalue weighted by Crippen LogP contribution is 2.38. The molecule has 0 bridgehead atoms. The van der Waals surface area contributed by atoms with Crippen molar-refractivity contribution in [2.24, 2.45) is 0 Å². The minimum Gasteiger partial charge on any atom is -0.384 e. The van der Waals surface area contributed by atoms with Crippen molar-refractivity contribution in [2.45, 2.75) is 25.7 Å². The van der Waals surface area contributed by atoms with Crippen LogP contribution in [0.2, 0.25) is 0 Å². The molecule has 2 atom stereocenters. The average Bonchev–Trinajstić information content (AvgIpc) is 1.85. The summed E-state index contributed by atoms with van der Waals surface area (Å²) in [6.45, 7) is 2.38. The van der Waals surface area contributed by atoms with Gasteiger partial charge in [0.1, 0.15) is 11.9 Å². The van der Waals surface area contributed by atoms with Crippen LogP contribution in [-0.4, -0.2) is 32.7 Å². The lowest BCUT2D eigenvalue weighted by Gasteiger charge is -2.15. The average molecular weight is 197 g/mol. The van der Waals surface area contributed by atoms with Crippen LogP contribution >= 0.6 is 7.60 Å². The van der Waals surface area contributed by atoms with Crippen molar-refractivity contribution in [2.75, 3.05) is 0 Å². The molecule has 12 heavy (non-hydrogen) atoms. The van der Waals surface area contributed by atoms with Gasteiger partial charge in [0.05, 0.1) is 0 Å². The van der Waals surface area contributed by atoms with Gasteiger partial charge in [0, 0.05) is 0 Å². The van der Waals surface area contributed by atoms with E-state index in [4.69, 9.17) is 14.9 Å². The van der Waals surface area contributed by atoms with Gasteiger partial charge in [-0.25, -0.2) is 0 Å². The predicted octanol–water partition coefficient (Wildman–Crippen LogP) is -0.993. The first kappa shape index (κ1) is 11.6. The Balaban J connectivity index is 4.11. The fraction of sp³-hybridized carbons (Fsp3) is 0.800. The normalized spacial score (nSPS) is 16.8. The van der Waals surface area contributed by atoms with Gasteiger partial charge in [0.15, 0.2) is 0 Å². The molecule has 2 unspecified atom stereocenters. The minimum atomic E-state index is -4.29. The Bertz CT molecular complexity index is 210. The third-order valence-electron chi connectivity index (χ3n) is 1.24. The second-order valence-electron chi connectivity index (χ2n) is 2.45. The van der Waals surface area contributed by atoms with E-state index in [-0.39, 0.29) is 0 Å². The Labute approximate surface area is 69.8 Å². The molecule has 0 heterocycles. The Morgan fingerprint density at radius 1 is 1.42 bits per heavy atom. The maximum atomic E-state index is 10.7. The molecule has 0 rings (SSSR count). The van der Waals surface area contributed by atoms with E-state index in [1.54, 1.807) is 0 Å². The van der Waals surface area contributed by atoms with Gasteiger partial charge in [-0.15, -0.1) is 0 Å². The smallest absolute Gasteiger partial charge is 0.347 e. The summed E-state index contributed by atoms with van der Waals surface area (Å²) in [5.74, 6) is -2.06. The molecule has 0 aromatic rings. The molecule has 0 radical (unpaired) electrons. The second kappa shape index (κ2) is 4.00. The molecule has 72 valence electrons. The molecular weight excluding hydrogens is 185 g/mol. The molecule has 0 aliphatic rings. The van der Waals surface area contributed by atoms with E-state index in [0.29, 0.717) is 0 Å². The third-order valence-corrected chi connectivity index (χ3v) is 2.37. The lowest BCUT2D eigenvalue weighted by atomic mass is 10.4. The van der Waals surface area contributed by atoms with Crippen LogP contribution in [0.1, 0.15) is 13.8 Å². The van der Waals surface area contributed by atoms with Gasteiger partial charge in [-0.05, 0) is 13.8 Å². The summed E-state index contributed by atoms with van der Waals surface area (Å²) in [5, 5.41) is 10.6. The van der Waals surface area contributed by atoms with E-state index in [2.05, 4.69) is 0 Å². The second-order valence-corrected chi connectivity index (χ2v) is 4.40. The minimum absolute atomic E-state index is 0.800. The number of nitrogens with one attached hydrogen (secondary N) is 1. The lowest BCUT2D eigenvalue weighted by molar-refractivity contribution is -0.128. The quantitative estimate of drug-likeness (QED) is 0.434. The van der Waals surface area contributed by atoms with Crippen molar-refractivity contribution < 1.29 is 24.3 Å². The van der Waals surface area contributed by atoms with E-state index in [1.807, 2.05) is 5.32 Å². The fourth-order valence-electron chi connectivity index (χ4n) is 0.411. The number of amides is 1. The molecule has 0 fully saturated rings. The van der Waals surface area contributed by atoms with Crippen LogP contribution in [-0.2, 0) is 9.36 Å². The summed E-state index contributed by atoms with van der Waals surface area (Å²) in [6, 6.07) is 0. The molecule has 0 aromatic heterocycles. The Morgan fingerprint density at radius 2 is 1.83 bits per heavy atom. The van der Waals surface area contributed by atoms with Crippen LogP contribution in [0.25, 0.3) is 0 Å². The summed E-state index contributed by atoms with van der Waals surface area (Å²) in [5.41, 5.74) is 0. The zero-order valence-electron chi connectivity index (χ0n) is 6.76. The zero-order chi connectivity index (χ0) is 9.94. The summed E-state index contributed by atoms with van der Waals surface area (Å²) in [4.78, 5) is 27.8. The van der Waals surface area contributed by atoms with Crippen LogP contribution in [0, 0.1) is 0 Å². The Morgan fingerprint density at radius 3 is 2.08 bits per heavy atom. The molecule has 0 saturated heterocycles. The molecule has 0 aliphatic heterocycles. The molecule has 7 heteroatoms. The predicted molar refractivity (Wildman–Crippen MR) is 41.3 cm³/mol.